The Morgan fingerprint density at radius 1 is 1.64 bits per heavy atom. The summed E-state index contributed by atoms with van der Waals surface area (Å²) in [7, 11) is 0. The van der Waals surface area contributed by atoms with E-state index in [1.54, 1.807) is 13.1 Å². The van der Waals surface area contributed by atoms with E-state index in [-0.39, 0.29) is 23.8 Å². The lowest BCUT2D eigenvalue weighted by Gasteiger charge is -2.02. The van der Waals surface area contributed by atoms with E-state index in [4.69, 9.17) is 0 Å². The van der Waals surface area contributed by atoms with Crippen LogP contribution in [0.2, 0.25) is 0 Å². The van der Waals surface area contributed by atoms with Gasteiger partial charge in [-0.05, 0) is 25.3 Å². The summed E-state index contributed by atoms with van der Waals surface area (Å²) in [6, 6.07) is 1.49. The van der Waals surface area contributed by atoms with Gasteiger partial charge in [0, 0.05) is 12.0 Å². The van der Waals surface area contributed by atoms with Crippen LogP contribution in [-0.4, -0.2) is 15.6 Å². The van der Waals surface area contributed by atoms with Crippen molar-refractivity contribution in [3.63, 3.8) is 0 Å². The lowest BCUT2D eigenvalue weighted by molar-refractivity contribution is -0.121. The standard InChI is InChI=1S/C10H12N2O2/c1-7-4-10(14)12(11-5-7)6-9(13)8-2-3-8/h4-5,8H,2-3,6H2,1H3. The van der Waals surface area contributed by atoms with Crippen LogP contribution >= 0.6 is 0 Å². The molecule has 0 atom stereocenters. The first-order valence-electron chi connectivity index (χ1n) is 4.73. The number of nitrogens with zero attached hydrogens (tertiary/aromatic N) is 2. The molecule has 0 bridgehead atoms. The summed E-state index contributed by atoms with van der Waals surface area (Å²) in [6.45, 7) is 1.94. The maximum Gasteiger partial charge on any atom is 0.267 e. The van der Waals surface area contributed by atoms with Crippen molar-refractivity contribution in [2.24, 2.45) is 5.92 Å². The third kappa shape index (κ3) is 1.89. The monoisotopic (exact) mass is 192 g/mol. The molecule has 1 aliphatic rings. The van der Waals surface area contributed by atoms with Gasteiger partial charge >= 0.3 is 0 Å². The zero-order valence-electron chi connectivity index (χ0n) is 8.06. The van der Waals surface area contributed by atoms with Crippen molar-refractivity contribution in [2.75, 3.05) is 0 Å². The van der Waals surface area contributed by atoms with Gasteiger partial charge < -0.3 is 0 Å². The zero-order chi connectivity index (χ0) is 10.1. The third-order valence-corrected chi connectivity index (χ3v) is 2.34. The van der Waals surface area contributed by atoms with Gasteiger partial charge in [-0.25, -0.2) is 4.68 Å². The number of aryl methyl sites for hydroxylation is 1. The molecule has 1 aromatic heterocycles. The molecule has 1 saturated carbocycles. The summed E-state index contributed by atoms with van der Waals surface area (Å²) < 4.78 is 1.23. The molecule has 0 aromatic carbocycles. The number of hydrogen-bond acceptors (Lipinski definition) is 3. The van der Waals surface area contributed by atoms with Gasteiger partial charge in [-0.2, -0.15) is 5.10 Å². The van der Waals surface area contributed by atoms with Gasteiger partial charge in [0.1, 0.15) is 6.54 Å². The van der Waals surface area contributed by atoms with E-state index in [1.165, 1.54) is 10.7 Å². The molecular weight excluding hydrogens is 180 g/mol. The summed E-state index contributed by atoms with van der Waals surface area (Å²) in [5.74, 6) is 0.313. The van der Waals surface area contributed by atoms with Crippen LogP contribution in [0.4, 0.5) is 0 Å². The summed E-state index contributed by atoms with van der Waals surface area (Å²) in [5, 5.41) is 3.91. The Kier molecular flexibility index (Phi) is 2.19. The zero-order valence-corrected chi connectivity index (χ0v) is 8.06. The maximum absolute atomic E-state index is 11.4. The van der Waals surface area contributed by atoms with E-state index in [2.05, 4.69) is 5.10 Å². The molecule has 1 heterocycles. The summed E-state index contributed by atoms with van der Waals surface area (Å²) in [6.07, 6.45) is 3.54. The van der Waals surface area contributed by atoms with Crippen molar-refractivity contribution in [1.82, 2.24) is 9.78 Å². The molecule has 0 saturated heterocycles. The SMILES string of the molecule is Cc1cnn(CC(=O)C2CC2)c(=O)c1. The molecule has 14 heavy (non-hydrogen) atoms. The van der Waals surface area contributed by atoms with Gasteiger partial charge in [-0.3, -0.25) is 9.59 Å². The molecule has 0 radical (unpaired) electrons. The summed E-state index contributed by atoms with van der Waals surface area (Å²) in [4.78, 5) is 22.8. The Labute approximate surface area is 81.6 Å². The molecule has 0 amide bonds. The van der Waals surface area contributed by atoms with Crippen LogP contribution in [0.1, 0.15) is 18.4 Å². The number of hydrogen-bond donors (Lipinski definition) is 0. The molecule has 0 aliphatic heterocycles. The number of carbonyl (C=O) groups is 1. The van der Waals surface area contributed by atoms with Gasteiger partial charge in [0.15, 0.2) is 5.78 Å². The molecular formula is C10H12N2O2. The van der Waals surface area contributed by atoms with Gasteiger partial charge in [0.05, 0.1) is 6.20 Å². The highest BCUT2D eigenvalue weighted by molar-refractivity contribution is 5.82. The Morgan fingerprint density at radius 3 is 2.93 bits per heavy atom. The molecule has 1 aromatic rings. The predicted molar refractivity (Wildman–Crippen MR) is 51.0 cm³/mol. The Hall–Kier alpha value is -1.45. The molecule has 74 valence electrons. The highest BCUT2D eigenvalue weighted by Crippen LogP contribution is 2.29. The molecule has 4 nitrogen and oxygen atoms in total. The highest BCUT2D eigenvalue weighted by atomic mass is 16.1. The highest BCUT2D eigenvalue weighted by Gasteiger charge is 2.29. The summed E-state index contributed by atoms with van der Waals surface area (Å²) in [5.41, 5.74) is 0.629. The first-order valence-corrected chi connectivity index (χ1v) is 4.73. The lowest BCUT2D eigenvalue weighted by atomic mass is 10.2. The second-order valence-electron chi connectivity index (χ2n) is 3.77. The topological polar surface area (TPSA) is 52.0 Å². The van der Waals surface area contributed by atoms with Crippen LogP contribution in [0.15, 0.2) is 17.1 Å². The van der Waals surface area contributed by atoms with E-state index in [9.17, 15) is 9.59 Å². The molecule has 0 N–H and O–H groups in total. The largest absolute Gasteiger partial charge is 0.297 e. The summed E-state index contributed by atoms with van der Waals surface area (Å²) >= 11 is 0. The van der Waals surface area contributed by atoms with Crippen LogP contribution in [0.5, 0.6) is 0 Å². The molecule has 2 rings (SSSR count). The van der Waals surface area contributed by atoms with Crippen molar-refractivity contribution >= 4 is 5.78 Å². The number of rotatable bonds is 3. The van der Waals surface area contributed by atoms with Gasteiger partial charge in [-0.15, -0.1) is 0 Å². The number of ketones is 1. The minimum absolute atomic E-state index is 0.128. The van der Waals surface area contributed by atoms with Crippen LogP contribution in [0.25, 0.3) is 0 Å². The quantitative estimate of drug-likeness (QED) is 0.702. The Morgan fingerprint density at radius 2 is 2.36 bits per heavy atom. The van der Waals surface area contributed by atoms with Gasteiger partial charge in [0.2, 0.25) is 0 Å². The van der Waals surface area contributed by atoms with Crippen molar-refractivity contribution in [2.45, 2.75) is 26.3 Å². The first kappa shape index (κ1) is 9.12. The number of Topliss-reactive ketones (excluding diaryl/α,β-unsaturated/α-hetero) is 1. The normalized spacial score (nSPS) is 15.5. The molecule has 4 heteroatoms. The molecule has 0 unspecified atom stereocenters. The average Bonchev–Trinajstić information content (AvgIpc) is 2.92. The molecule has 1 aliphatic carbocycles. The Bertz CT molecular complexity index is 418. The van der Waals surface area contributed by atoms with E-state index in [1.807, 2.05) is 0 Å². The average molecular weight is 192 g/mol. The van der Waals surface area contributed by atoms with Crippen LogP contribution in [0.3, 0.4) is 0 Å². The van der Waals surface area contributed by atoms with Gasteiger partial charge in [-0.1, -0.05) is 0 Å². The fourth-order valence-electron chi connectivity index (χ4n) is 1.32. The lowest BCUT2D eigenvalue weighted by Crippen LogP contribution is -2.26. The first-order chi connectivity index (χ1) is 6.66. The minimum Gasteiger partial charge on any atom is -0.297 e. The van der Waals surface area contributed by atoms with Crippen LogP contribution in [-0.2, 0) is 11.3 Å². The molecule has 0 spiro atoms. The minimum atomic E-state index is -0.195. The van der Waals surface area contributed by atoms with E-state index in [0.29, 0.717) is 0 Å². The fraction of sp³-hybridized carbons (Fsp3) is 0.500. The maximum atomic E-state index is 11.4. The van der Waals surface area contributed by atoms with Crippen molar-refractivity contribution in [3.8, 4) is 0 Å². The van der Waals surface area contributed by atoms with E-state index in [0.717, 1.165) is 18.4 Å². The van der Waals surface area contributed by atoms with Crippen molar-refractivity contribution in [3.05, 3.63) is 28.2 Å². The Balaban J connectivity index is 2.16. The number of aromatic nitrogens is 2. The van der Waals surface area contributed by atoms with Gasteiger partial charge in [0.25, 0.3) is 5.56 Å². The third-order valence-electron chi connectivity index (χ3n) is 2.34. The van der Waals surface area contributed by atoms with Crippen molar-refractivity contribution in [1.29, 1.82) is 0 Å². The van der Waals surface area contributed by atoms with Crippen LogP contribution < -0.4 is 5.56 Å². The van der Waals surface area contributed by atoms with Crippen LogP contribution in [0, 0.1) is 12.8 Å². The smallest absolute Gasteiger partial charge is 0.267 e. The predicted octanol–water partition coefficient (Wildman–Crippen LogP) is 0.531. The van der Waals surface area contributed by atoms with E-state index >= 15 is 0 Å². The van der Waals surface area contributed by atoms with E-state index < -0.39 is 0 Å². The number of carbonyl (C=O) groups excluding carboxylic acids is 1. The van der Waals surface area contributed by atoms with Crippen molar-refractivity contribution < 1.29 is 4.79 Å². The second-order valence-corrected chi connectivity index (χ2v) is 3.77. The fourth-order valence-corrected chi connectivity index (χ4v) is 1.32. The second kappa shape index (κ2) is 3.36. The molecule has 1 fully saturated rings.